The molecule has 0 bridgehead atoms. The SMILES string of the molecule is CN1C(=O)C[C@@H]2CN(c3nc(-c4ccccc4)nc4c3CCC4)CC[C@@H]21. The van der Waals surface area contributed by atoms with Crippen LogP contribution in [0, 0.1) is 5.92 Å². The van der Waals surface area contributed by atoms with Crippen molar-refractivity contribution in [2.24, 2.45) is 5.92 Å². The Balaban J connectivity index is 1.51. The monoisotopic (exact) mass is 348 g/mol. The third-order valence-electron chi connectivity index (χ3n) is 6.26. The topological polar surface area (TPSA) is 49.3 Å². The van der Waals surface area contributed by atoms with Crippen molar-refractivity contribution in [2.45, 2.75) is 38.1 Å². The van der Waals surface area contributed by atoms with E-state index in [0.29, 0.717) is 24.3 Å². The molecule has 0 N–H and O–H groups in total. The molecule has 2 aromatic rings. The van der Waals surface area contributed by atoms with Gasteiger partial charge in [-0.1, -0.05) is 30.3 Å². The molecule has 2 aliphatic heterocycles. The Labute approximate surface area is 154 Å². The molecule has 5 rings (SSSR count). The van der Waals surface area contributed by atoms with Crippen LogP contribution in [0.5, 0.6) is 0 Å². The summed E-state index contributed by atoms with van der Waals surface area (Å²) >= 11 is 0. The Morgan fingerprint density at radius 2 is 1.96 bits per heavy atom. The number of hydrogen-bond acceptors (Lipinski definition) is 4. The molecule has 1 aliphatic carbocycles. The van der Waals surface area contributed by atoms with Gasteiger partial charge < -0.3 is 9.80 Å². The number of rotatable bonds is 2. The van der Waals surface area contributed by atoms with Crippen molar-refractivity contribution in [3.63, 3.8) is 0 Å². The number of carbonyl (C=O) groups excluding carboxylic acids is 1. The van der Waals surface area contributed by atoms with Crippen molar-refractivity contribution in [1.29, 1.82) is 0 Å². The molecule has 2 saturated heterocycles. The van der Waals surface area contributed by atoms with Crippen LogP contribution in [0.4, 0.5) is 5.82 Å². The Morgan fingerprint density at radius 1 is 1.12 bits per heavy atom. The summed E-state index contributed by atoms with van der Waals surface area (Å²) in [6.45, 7) is 1.90. The summed E-state index contributed by atoms with van der Waals surface area (Å²) in [5, 5.41) is 0. The van der Waals surface area contributed by atoms with Crippen LogP contribution in [0.25, 0.3) is 11.4 Å². The molecule has 26 heavy (non-hydrogen) atoms. The number of aryl methyl sites for hydroxylation is 1. The second-order valence-electron chi connectivity index (χ2n) is 7.79. The second kappa shape index (κ2) is 6.08. The highest BCUT2D eigenvalue weighted by atomic mass is 16.2. The van der Waals surface area contributed by atoms with Crippen LogP contribution >= 0.6 is 0 Å². The number of likely N-dealkylation sites (tertiary alicyclic amines) is 1. The van der Waals surface area contributed by atoms with Crippen LogP contribution in [0.15, 0.2) is 30.3 Å². The number of benzene rings is 1. The molecule has 2 fully saturated rings. The van der Waals surface area contributed by atoms with E-state index in [1.54, 1.807) is 0 Å². The van der Waals surface area contributed by atoms with E-state index in [1.807, 2.05) is 30.1 Å². The molecule has 1 amide bonds. The van der Waals surface area contributed by atoms with Gasteiger partial charge in [0, 0.05) is 55.3 Å². The average Bonchev–Trinajstić information content (AvgIpc) is 3.26. The normalized spacial score (nSPS) is 24.7. The van der Waals surface area contributed by atoms with Crippen molar-refractivity contribution in [1.82, 2.24) is 14.9 Å². The number of nitrogens with zero attached hydrogens (tertiary/aromatic N) is 4. The number of amides is 1. The molecule has 5 heteroatoms. The third-order valence-corrected chi connectivity index (χ3v) is 6.26. The molecule has 1 aromatic carbocycles. The Morgan fingerprint density at radius 3 is 2.81 bits per heavy atom. The van der Waals surface area contributed by atoms with Gasteiger partial charge >= 0.3 is 0 Å². The van der Waals surface area contributed by atoms with Crippen molar-refractivity contribution >= 4 is 11.7 Å². The lowest BCUT2D eigenvalue weighted by Crippen LogP contribution is -2.45. The first-order valence-electron chi connectivity index (χ1n) is 9.66. The van der Waals surface area contributed by atoms with E-state index in [1.165, 1.54) is 11.3 Å². The Bertz CT molecular complexity index is 851. The second-order valence-corrected chi connectivity index (χ2v) is 7.79. The first-order chi connectivity index (χ1) is 12.7. The highest BCUT2D eigenvalue weighted by Crippen LogP contribution is 2.37. The molecule has 5 nitrogen and oxygen atoms in total. The Hall–Kier alpha value is -2.43. The van der Waals surface area contributed by atoms with Gasteiger partial charge in [-0.05, 0) is 25.7 Å². The van der Waals surface area contributed by atoms with E-state index in [-0.39, 0.29) is 0 Å². The fourth-order valence-corrected chi connectivity index (χ4v) is 4.87. The first-order valence-corrected chi connectivity index (χ1v) is 9.66. The van der Waals surface area contributed by atoms with Gasteiger partial charge in [0.1, 0.15) is 5.82 Å². The number of carbonyl (C=O) groups is 1. The first kappa shape index (κ1) is 15.8. The zero-order chi connectivity index (χ0) is 17.7. The van der Waals surface area contributed by atoms with Crippen molar-refractivity contribution < 1.29 is 4.79 Å². The maximum Gasteiger partial charge on any atom is 0.222 e. The van der Waals surface area contributed by atoms with Gasteiger partial charge in [-0.2, -0.15) is 0 Å². The molecule has 0 radical (unpaired) electrons. The van der Waals surface area contributed by atoms with Gasteiger partial charge in [0.25, 0.3) is 0 Å². The summed E-state index contributed by atoms with van der Waals surface area (Å²) in [6.07, 6.45) is 4.99. The number of piperidine rings is 1. The summed E-state index contributed by atoms with van der Waals surface area (Å²) in [5.74, 6) is 2.67. The van der Waals surface area contributed by atoms with E-state index in [0.717, 1.165) is 56.0 Å². The molecular weight excluding hydrogens is 324 g/mol. The minimum Gasteiger partial charge on any atom is -0.356 e. The maximum absolute atomic E-state index is 12.1. The fourth-order valence-electron chi connectivity index (χ4n) is 4.87. The van der Waals surface area contributed by atoms with E-state index in [4.69, 9.17) is 9.97 Å². The molecule has 1 aromatic heterocycles. The van der Waals surface area contributed by atoms with E-state index in [9.17, 15) is 4.79 Å². The smallest absolute Gasteiger partial charge is 0.222 e. The third kappa shape index (κ3) is 2.49. The van der Waals surface area contributed by atoms with Crippen LogP contribution in [0.3, 0.4) is 0 Å². The van der Waals surface area contributed by atoms with E-state index in [2.05, 4.69) is 17.0 Å². The summed E-state index contributed by atoms with van der Waals surface area (Å²) in [6, 6.07) is 10.7. The molecule has 0 unspecified atom stereocenters. The van der Waals surface area contributed by atoms with Crippen LogP contribution in [-0.4, -0.2) is 47.0 Å². The minimum absolute atomic E-state index is 0.291. The fraction of sp³-hybridized carbons (Fsp3) is 0.476. The summed E-state index contributed by atoms with van der Waals surface area (Å²) in [7, 11) is 1.96. The van der Waals surface area contributed by atoms with Gasteiger partial charge in [-0.3, -0.25) is 4.79 Å². The zero-order valence-electron chi connectivity index (χ0n) is 15.2. The molecule has 134 valence electrons. The van der Waals surface area contributed by atoms with Crippen molar-refractivity contribution in [3.05, 3.63) is 41.6 Å². The van der Waals surface area contributed by atoms with E-state index >= 15 is 0 Å². The number of hydrogen-bond donors (Lipinski definition) is 0. The van der Waals surface area contributed by atoms with Gasteiger partial charge in [-0.25, -0.2) is 9.97 Å². The molecule has 2 atom stereocenters. The molecule has 0 spiro atoms. The largest absolute Gasteiger partial charge is 0.356 e. The molecule has 3 aliphatic rings. The predicted molar refractivity (Wildman–Crippen MR) is 101 cm³/mol. The molecular formula is C21H24N4O. The van der Waals surface area contributed by atoms with Gasteiger partial charge in [0.2, 0.25) is 5.91 Å². The lowest BCUT2D eigenvalue weighted by atomic mass is 9.92. The lowest BCUT2D eigenvalue weighted by molar-refractivity contribution is -0.127. The summed E-state index contributed by atoms with van der Waals surface area (Å²) in [4.78, 5) is 26.4. The highest BCUT2D eigenvalue weighted by Gasteiger charge is 2.41. The molecule has 0 saturated carbocycles. The average molecular weight is 348 g/mol. The summed E-state index contributed by atoms with van der Waals surface area (Å²) < 4.78 is 0. The van der Waals surface area contributed by atoms with Crippen molar-refractivity contribution in [2.75, 3.05) is 25.0 Å². The van der Waals surface area contributed by atoms with Crippen molar-refractivity contribution in [3.8, 4) is 11.4 Å². The van der Waals surface area contributed by atoms with Crippen LogP contribution < -0.4 is 4.90 Å². The standard InChI is InChI=1S/C21H24N4O/c1-24-18-10-11-25(13-15(18)12-19(24)26)21-16-8-5-9-17(16)22-20(23-21)14-6-3-2-4-7-14/h2-4,6-7,15,18H,5,8-13H2,1H3/t15-,18+/m1/s1. The lowest BCUT2D eigenvalue weighted by Gasteiger charge is -2.38. The van der Waals surface area contributed by atoms with E-state index < -0.39 is 0 Å². The predicted octanol–water partition coefficient (Wildman–Crippen LogP) is 2.69. The van der Waals surface area contributed by atoms with Crippen LogP contribution in [-0.2, 0) is 17.6 Å². The minimum atomic E-state index is 0.291. The highest BCUT2D eigenvalue weighted by molar-refractivity contribution is 5.79. The Kier molecular flexibility index (Phi) is 3.69. The zero-order valence-corrected chi connectivity index (χ0v) is 15.2. The van der Waals surface area contributed by atoms with Gasteiger partial charge in [-0.15, -0.1) is 0 Å². The van der Waals surface area contributed by atoms with Crippen LogP contribution in [0.1, 0.15) is 30.5 Å². The van der Waals surface area contributed by atoms with Crippen LogP contribution in [0.2, 0.25) is 0 Å². The number of anilines is 1. The number of aromatic nitrogens is 2. The molecule has 3 heterocycles. The quantitative estimate of drug-likeness (QED) is 0.837. The van der Waals surface area contributed by atoms with Gasteiger partial charge in [0.05, 0.1) is 0 Å². The number of fused-ring (bicyclic) bond motifs is 2. The van der Waals surface area contributed by atoms with Gasteiger partial charge in [0.15, 0.2) is 5.82 Å². The maximum atomic E-state index is 12.1. The summed E-state index contributed by atoms with van der Waals surface area (Å²) in [5.41, 5.74) is 3.63.